The third kappa shape index (κ3) is 7.64. The molecule has 0 bridgehead atoms. The van der Waals surface area contributed by atoms with Gasteiger partial charge in [0.2, 0.25) is 0 Å². The molecule has 0 N–H and O–H groups in total. The van der Waals surface area contributed by atoms with Crippen LogP contribution in [-0.2, 0) is 21.7 Å². The molecule has 0 saturated heterocycles. The molecular weight excluding hydrogens is 845 g/mol. The molecule has 0 atom stereocenters. The van der Waals surface area contributed by atoms with Gasteiger partial charge in [0.1, 0.15) is 0 Å². The molecule has 0 aliphatic rings. The van der Waals surface area contributed by atoms with Crippen LogP contribution >= 0.6 is 0 Å². The quantitative estimate of drug-likeness (QED) is 0.151. The largest absolute Gasteiger partial charge is 0.309 e. The van der Waals surface area contributed by atoms with E-state index in [2.05, 4.69) is 275 Å². The summed E-state index contributed by atoms with van der Waals surface area (Å²) in [6.45, 7) is 27.9. The van der Waals surface area contributed by atoms with Crippen molar-refractivity contribution in [1.82, 2.24) is 4.57 Å². The SMILES string of the molecule is CC(C)(C)c1cc(N(c2cccc(-c3ccccc3)c2-c2ccccc2)c2ccc3ccc4c(-n5c6ccc(C(C)(C)C)cc6c6cc(C(C)(C)C)ccc65)ccc5ccc2c3c54)cc(C(C)(C)C)c1. The molecule has 0 saturated carbocycles. The molecule has 1 heterocycles. The molecule has 0 aliphatic carbocycles. The van der Waals surface area contributed by atoms with Crippen LogP contribution in [-0.4, -0.2) is 4.57 Å². The van der Waals surface area contributed by atoms with Gasteiger partial charge in [0.05, 0.1) is 28.1 Å². The van der Waals surface area contributed by atoms with Gasteiger partial charge >= 0.3 is 0 Å². The summed E-state index contributed by atoms with van der Waals surface area (Å²) < 4.78 is 2.54. The first-order valence-electron chi connectivity index (χ1n) is 25.3. The molecule has 2 nitrogen and oxygen atoms in total. The highest BCUT2D eigenvalue weighted by Gasteiger charge is 2.28. The van der Waals surface area contributed by atoms with Crippen LogP contribution < -0.4 is 4.90 Å². The van der Waals surface area contributed by atoms with Crippen molar-refractivity contribution in [1.29, 1.82) is 0 Å². The maximum atomic E-state index is 2.58. The Morgan fingerprint density at radius 2 is 0.829 bits per heavy atom. The molecule has 11 aromatic rings. The fraction of sp³-hybridized carbons (Fsp3) is 0.235. The maximum Gasteiger partial charge on any atom is 0.0546 e. The third-order valence-electron chi connectivity index (χ3n) is 14.9. The van der Waals surface area contributed by atoms with Crippen LogP contribution in [0.15, 0.2) is 182 Å². The summed E-state index contributed by atoms with van der Waals surface area (Å²) in [5, 5.41) is 10.1. The van der Waals surface area contributed by atoms with Crippen molar-refractivity contribution >= 4 is 71.2 Å². The van der Waals surface area contributed by atoms with Crippen molar-refractivity contribution in [3.8, 4) is 27.9 Å². The minimum Gasteiger partial charge on any atom is -0.309 e. The molecule has 1 aromatic heterocycles. The first kappa shape index (κ1) is 45.3. The van der Waals surface area contributed by atoms with Crippen molar-refractivity contribution in [2.75, 3.05) is 4.90 Å². The number of benzene rings is 10. The molecule has 0 unspecified atom stereocenters. The molecular formula is C68H66N2. The van der Waals surface area contributed by atoms with Crippen LogP contribution in [0.5, 0.6) is 0 Å². The minimum absolute atomic E-state index is 0.0237. The van der Waals surface area contributed by atoms with Crippen molar-refractivity contribution in [2.45, 2.75) is 105 Å². The number of hydrogen-bond donors (Lipinski definition) is 0. The Bertz CT molecular complexity index is 3680. The van der Waals surface area contributed by atoms with Crippen LogP contribution in [0.3, 0.4) is 0 Å². The van der Waals surface area contributed by atoms with E-state index in [4.69, 9.17) is 0 Å². The van der Waals surface area contributed by atoms with Crippen molar-refractivity contribution in [3.63, 3.8) is 0 Å². The average Bonchev–Trinajstić information content (AvgIpc) is 3.66. The van der Waals surface area contributed by atoms with E-state index in [9.17, 15) is 0 Å². The zero-order chi connectivity index (χ0) is 49.1. The van der Waals surface area contributed by atoms with Gasteiger partial charge in [-0.25, -0.2) is 0 Å². The van der Waals surface area contributed by atoms with Crippen LogP contribution in [0.2, 0.25) is 0 Å². The highest BCUT2D eigenvalue weighted by Crippen LogP contribution is 2.51. The monoisotopic (exact) mass is 911 g/mol. The topological polar surface area (TPSA) is 8.17 Å². The predicted octanol–water partition coefficient (Wildman–Crippen LogP) is 19.7. The van der Waals surface area contributed by atoms with Gasteiger partial charge in [-0.3, -0.25) is 0 Å². The second kappa shape index (κ2) is 16.2. The summed E-state index contributed by atoms with van der Waals surface area (Å²) in [5.41, 5.74) is 17.1. The minimum atomic E-state index is -0.0790. The van der Waals surface area contributed by atoms with Crippen LogP contribution in [0.4, 0.5) is 17.1 Å². The van der Waals surface area contributed by atoms with Gasteiger partial charge in [-0.05, 0) is 137 Å². The van der Waals surface area contributed by atoms with E-state index in [0.717, 1.165) is 17.1 Å². The lowest BCUT2D eigenvalue weighted by molar-refractivity contribution is 0.569. The normalized spacial score (nSPS) is 12.9. The van der Waals surface area contributed by atoms with Gasteiger partial charge < -0.3 is 9.47 Å². The summed E-state index contributed by atoms with van der Waals surface area (Å²) in [4.78, 5) is 2.58. The highest BCUT2D eigenvalue weighted by molar-refractivity contribution is 6.28. The van der Waals surface area contributed by atoms with E-state index < -0.39 is 0 Å². The number of anilines is 3. The van der Waals surface area contributed by atoms with Gasteiger partial charge in [-0.1, -0.05) is 210 Å². The smallest absolute Gasteiger partial charge is 0.0546 e. The molecule has 11 rings (SSSR count). The van der Waals surface area contributed by atoms with E-state index in [1.54, 1.807) is 0 Å². The molecule has 0 spiro atoms. The maximum absolute atomic E-state index is 2.58. The van der Waals surface area contributed by atoms with Crippen LogP contribution in [0.1, 0.15) is 105 Å². The number of nitrogens with zero attached hydrogens (tertiary/aromatic N) is 2. The molecule has 2 heteroatoms. The van der Waals surface area contributed by atoms with E-state index in [-0.39, 0.29) is 21.7 Å². The zero-order valence-electron chi connectivity index (χ0n) is 43.2. The lowest BCUT2D eigenvalue weighted by Gasteiger charge is -2.34. The molecule has 0 aliphatic heterocycles. The van der Waals surface area contributed by atoms with Gasteiger partial charge in [-0.15, -0.1) is 0 Å². The lowest BCUT2D eigenvalue weighted by atomic mass is 9.80. The van der Waals surface area contributed by atoms with E-state index >= 15 is 0 Å². The lowest BCUT2D eigenvalue weighted by Crippen LogP contribution is -2.19. The molecule has 0 amide bonds. The van der Waals surface area contributed by atoms with Crippen molar-refractivity contribution in [2.24, 2.45) is 0 Å². The number of fused-ring (bicyclic) bond motifs is 3. The summed E-state index contributed by atoms with van der Waals surface area (Å²) in [6.07, 6.45) is 0. The van der Waals surface area contributed by atoms with Crippen molar-refractivity contribution in [3.05, 3.63) is 204 Å². The van der Waals surface area contributed by atoms with Crippen LogP contribution in [0, 0.1) is 0 Å². The molecule has 348 valence electrons. The first-order chi connectivity index (χ1) is 33.3. The summed E-state index contributed by atoms with van der Waals surface area (Å²) in [6, 6.07) is 69.3. The standard InChI is InChI=1S/C68H66N2/c1-65(2,3)47-30-36-59-55(41-47)56-42-48(66(4,5)6)31-37-60(56)70(59)58-35-29-46-26-32-53-57(34-28-45-27-33-54(58)64(46)63(45)53)69(51-39-49(67(7,8)9)38-50(40-51)68(10,11)12)61-25-19-24-52(43-20-15-13-16-21-43)62(61)44-22-17-14-18-23-44/h13-42H,1-12H3. The molecule has 0 radical (unpaired) electrons. The fourth-order valence-electron chi connectivity index (χ4n) is 10.9. The number of rotatable bonds is 6. The Kier molecular flexibility index (Phi) is 10.5. The Morgan fingerprint density at radius 1 is 0.343 bits per heavy atom. The van der Waals surface area contributed by atoms with Crippen molar-refractivity contribution < 1.29 is 0 Å². The van der Waals surface area contributed by atoms with Gasteiger partial charge in [0.25, 0.3) is 0 Å². The number of hydrogen-bond acceptors (Lipinski definition) is 1. The van der Waals surface area contributed by atoms with E-state index in [1.165, 1.54) is 104 Å². The summed E-state index contributed by atoms with van der Waals surface area (Å²) in [5.74, 6) is 0. The number of aromatic nitrogens is 1. The van der Waals surface area contributed by atoms with Gasteiger partial charge in [0, 0.05) is 32.8 Å². The second-order valence-corrected chi connectivity index (χ2v) is 23.9. The molecule has 0 fully saturated rings. The summed E-state index contributed by atoms with van der Waals surface area (Å²) >= 11 is 0. The van der Waals surface area contributed by atoms with Gasteiger partial charge in [-0.2, -0.15) is 0 Å². The summed E-state index contributed by atoms with van der Waals surface area (Å²) in [7, 11) is 0. The fourth-order valence-corrected chi connectivity index (χ4v) is 10.9. The second-order valence-electron chi connectivity index (χ2n) is 23.9. The van der Waals surface area contributed by atoms with E-state index in [1.807, 2.05) is 0 Å². The first-order valence-corrected chi connectivity index (χ1v) is 25.3. The predicted molar refractivity (Wildman–Crippen MR) is 305 cm³/mol. The van der Waals surface area contributed by atoms with E-state index in [0.29, 0.717) is 0 Å². The molecule has 10 aromatic carbocycles. The third-order valence-corrected chi connectivity index (χ3v) is 14.9. The Labute approximate surface area is 415 Å². The molecule has 70 heavy (non-hydrogen) atoms. The Balaban J connectivity index is 1.23. The van der Waals surface area contributed by atoms with Gasteiger partial charge in [0.15, 0.2) is 0 Å². The zero-order valence-corrected chi connectivity index (χ0v) is 43.2. The highest BCUT2D eigenvalue weighted by atomic mass is 15.1. The average molecular weight is 911 g/mol. The Morgan fingerprint density at radius 3 is 1.37 bits per heavy atom. The van der Waals surface area contributed by atoms with Crippen LogP contribution in [0.25, 0.3) is 82.1 Å². The Hall–Kier alpha value is -7.16.